The summed E-state index contributed by atoms with van der Waals surface area (Å²) in [6, 6.07) is 10.5. The van der Waals surface area contributed by atoms with Crippen molar-refractivity contribution in [2.75, 3.05) is 0 Å². The van der Waals surface area contributed by atoms with E-state index in [2.05, 4.69) is 32.6 Å². The Bertz CT molecular complexity index is 984. The molecule has 0 fully saturated rings. The number of aromatic carboxylic acids is 1. The van der Waals surface area contributed by atoms with Gasteiger partial charge in [0, 0.05) is 8.47 Å². The Morgan fingerprint density at radius 1 is 1.29 bits per heavy atom. The molecule has 122 valence electrons. The molecule has 0 aliphatic rings. The second-order valence-electron chi connectivity index (χ2n) is 5.25. The molecule has 3 rings (SSSR count). The van der Waals surface area contributed by atoms with Crippen LogP contribution in [0.15, 0.2) is 46.1 Å². The maximum Gasteiger partial charge on any atom is 0.335 e. The molecule has 0 unspecified atom stereocenters. The second-order valence-corrected chi connectivity index (χ2v) is 7.54. The highest BCUT2D eigenvalue weighted by molar-refractivity contribution is 14.1. The minimum absolute atomic E-state index is 0.140. The van der Waals surface area contributed by atoms with E-state index in [1.54, 1.807) is 24.3 Å². The van der Waals surface area contributed by atoms with E-state index >= 15 is 0 Å². The summed E-state index contributed by atoms with van der Waals surface area (Å²) in [5.41, 5.74) is 1.80. The van der Waals surface area contributed by atoms with Crippen molar-refractivity contribution in [3.05, 3.63) is 67.3 Å². The largest absolute Gasteiger partial charge is 0.478 e. The fraction of sp³-hybridized carbons (Fsp3) is 0.118. The molecule has 0 atom stereocenters. The minimum atomic E-state index is -0.947. The molecule has 0 spiro atoms. The van der Waals surface area contributed by atoms with E-state index in [0.29, 0.717) is 17.0 Å². The third kappa shape index (κ3) is 3.62. The molecule has 0 aliphatic heterocycles. The maximum absolute atomic E-state index is 12.3. The quantitative estimate of drug-likeness (QED) is 0.465. The summed E-state index contributed by atoms with van der Waals surface area (Å²) in [6.07, 6.45) is 0. The van der Waals surface area contributed by atoms with E-state index in [0.717, 1.165) is 19.5 Å². The molecule has 0 saturated carbocycles. The monoisotopic (exact) mass is 452 g/mol. The molecule has 2 N–H and O–H groups in total. The fourth-order valence-electron chi connectivity index (χ4n) is 2.33. The van der Waals surface area contributed by atoms with Crippen molar-refractivity contribution >= 4 is 51.2 Å². The lowest BCUT2D eigenvalue weighted by Crippen LogP contribution is -2.12. The van der Waals surface area contributed by atoms with E-state index in [4.69, 9.17) is 5.11 Å². The average molecular weight is 452 g/mol. The number of carboxylic acid groups (broad SMARTS) is 1. The molecule has 0 aliphatic carbocycles. The van der Waals surface area contributed by atoms with Crippen LogP contribution in [0, 0.1) is 10.5 Å². The second kappa shape index (κ2) is 6.94. The van der Waals surface area contributed by atoms with Crippen molar-refractivity contribution in [3.63, 3.8) is 0 Å². The molecule has 0 amide bonds. The Morgan fingerprint density at radius 2 is 2.00 bits per heavy atom. The molecule has 24 heavy (non-hydrogen) atoms. The number of benzene rings is 2. The maximum atomic E-state index is 12.3. The van der Waals surface area contributed by atoms with Gasteiger partial charge >= 0.3 is 5.97 Å². The van der Waals surface area contributed by atoms with E-state index in [-0.39, 0.29) is 11.1 Å². The van der Waals surface area contributed by atoms with E-state index in [9.17, 15) is 9.59 Å². The van der Waals surface area contributed by atoms with Crippen LogP contribution in [0.4, 0.5) is 0 Å². The molecule has 5 nitrogen and oxygen atoms in total. The Morgan fingerprint density at radius 3 is 2.67 bits per heavy atom. The lowest BCUT2D eigenvalue weighted by molar-refractivity contribution is 0.0697. The Labute approximate surface area is 155 Å². The number of fused-ring (bicyclic) bond motifs is 1. The predicted molar refractivity (Wildman–Crippen MR) is 103 cm³/mol. The van der Waals surface area contributed by atoms with Crippen LogP contribution in [0.1, 0.15) is 21.7 Å². The summed E-state index contributed by atoms with van der Waals surface area (Å²) < 4.78 is 1.01. The van der Waals surface area contributed by atoms with Crippen molar-refractivity contribution in [1.29, 1.82) is 0 Å². The molecular weight excluding hydrogens is 439 g/mol. The highest BCUT2D eigenvalue weighted by Crippen LogP contribution is 2.23. The molecule has 1 heterocycles. The highest BCUT2D eigenvalue weighted by Gasteiger charge is 2.08. The van der Waals surface area contributed by atoms with Crippen molar-refractivity contribution in [2.45, 2.75) is 17.6 Å². The highest BCUT2D eigenvalue weighted by atomic mass is 127. The number of aryl methyl sites for hydroxylation is 1. The summed E-state index contributed by atoms with van der Waals surface area (Å²) in [7, 11) is 0. The first-order chi connectivity index (χ1) is 11.4. The van der Waals surface area contributed by atoms with Gasteiger partial charge in [0.2, 0.25) is 0 Å². The van der Waals surface area contributed by atoms with Gasteiger partial charge in [-0.1, -0.05) is 0 Å². The van der Waals surface area contributed by atoms with Crippen LogP contribution in [0.5, 0.6) is 0 Å². The third-order valence-electron chi connectivity index (χ3n) is 3.49. The number of aromatic amines is 1. The van der Waals surface area contributed by atoms with Crippen molar-refractivity contribution in [1.82, 2.24) is 9.97 Å². The number of halogens is 1. The number of rotatable bonds is 4. The normalized spacial score (nSPS) is 10.9. The van der Waals surface area contributed by atoms with Gasteiger partial charge in [0.25, 0.3) is 5.56 Å². The van der Waals surface area contributed by atoms with Crippen molar-refractivity contribution in [2.24, 2.45) is 0 Å². The van der Waals surface area contributed by atoms with Crippen LogP contribution in [-0.2, 0) is 5.75 Å². The molecule has 0 radical (unpaired) electrons. The zero-order valence-corrected chi connectivity index (χ0v) is 15.6. The molecular formula is C17H13IN2O3S. The standard InChI is InChI=1S/C17H13IN2O3S/c1-9-6-11(18)7-13-15(9)19-14(20-16(13)21)8-24-12-4-2-10(3-5-12)17(22)23/h2-7H,8H2,1H3,(H,22,23)(H,19,20,21). The van der Waals surface area contributed by atoms with Crippen LogP contribution in [-0.4, -0.2) is 21.0 Å². The molecule has 7 heteroatoms. The van der Waals surface area contributed by atoms with Gasteiger partial charge in [-0.05, 0) is 71.5 Å². The lowest BCUT2D eigenvalue weighted by atomic mass is 10.1. The van der Waals surface area contributed by atoms with Gasteiger partial charge in [0.05, 0.1) is 22.2 Å². The Balaban J connectivity index is 1.85. The number of hydrogen-bond donors (Lipinski definition) is 2. The lowest BCUT2D eigenvalue weighted by Gasteiger charge is -2.06. The number of hydrogen-bond acceptors (Lipinski definition) is 4. The van der Waals surface area contributed by atoms with Crippen LogP contribution in [0.2, 0.25) is 0 Å². The van der Waals surface area contributed by atoms with Crippen LogP contribution in [0.25, 0.3) is 10.9 Å². The summed E-state index contributed by atoms with van der Waals surface area (Å²) in [5.74, 6) is 0.157. The molecule has 0 bridgehead atoms. The fourth-order valence-corrected chi connectivity index (χ4v) is 3.88. The number of aromatic nitrogens is 2. The minimum Gasteiger partial charge on any atom is -0.478 e. The number of nitrogens with one attached hydrogen (secondary N) is 1. The van der Waals surface area contributed by atoms with E-state index in [1.807, 2.05) is 19.1 Å². The Kier molecular flexibility index (Phi) is 4.91. The van der Waals surface area contributed by atoms with Gasteiger partial charge in [0.15, 0.2) is 0 Å². The third-order valence-corrected chi connectivity index (χ3v) is 5.14. The van der Waals surface area contributed by atoms with Crippen LogP contribution < -0.4 is 5.56 Å². The summed E-state index contributed by atoms with van der Waals surface area (Å²) >= 11 is 3.68. The summed E-state index contributed by atoms with van der Waals surface area (Å²) in [4.78, 5) is 31.4. The number of carboxylic acids is 1. The van der Waals surface area contributed by atoms with Crippen molar-refractivity contribution < 1.29 is 9.90 Å². The van der Waals surface area contributed by atoms with Gasteiger partial charge < -0.3 is 10.1 Å². The van der Waals surface area contributed by atoms with Gasteiger partial charge in [-0.2, -0.15) is 0 Å². The van der Waals surface area contributed by atoms with Gasteiger partial charge in [-0.3, -0.25) is 4.79 Å². The van der Waals surface area contributed by atoms with Gasteiger partial charge in [0.1, 0.15) is 5.82 Å². The predicted octanol–water partition coefficient (Wildman–Crippen LogP) is 3.83. The number of nitrogens with zero attached hydrogens (tertiary/aromatic N) is 1. The SMILES string of the molecule is Cc1cc(I)cc2c(=O)[nH]c(CSc3ccc(C(=O)O)cc3)nc12. The van der Waals surface area contributed by atoms with Crippen molar-refractivity contribution in [3.8, 4) is 0 Å². The summed E-state index contributed by atoms with van der Waals surface area (Å²) in [6.45, 7) is 1.94. The average Bonchev–Trinajstić information content (AvgIpc) is 2.54. The van der Waals surface area contributed by atoms with E-state index < -0.39 is 5.97 Å². The molecule has 2 aromatic carbocycles. The molecule has 1 aromatic heterocycles. The number of thioether (sulfide) groups is 1. The number of H-pyrrole nitrogens is 1. The zero-order valence-electron chi connectivity index (χ0n) is 12.7. The first-order valence-electron chi connectivity index (χ1n) is 7.09. The molecule has 0 saturated heterocycles. The first kappa shape index (κ1) is 17.0. The zero-order chi connectivity index (χ0) is 17.3. The summed E-state index contributed by atoms with van der Waals surface area (Å²) in [5, 5.41) is 9.50. The van der Waals surface area contributed by atoms with Crippen LogP contribution in [0.3, 0.4) is 0 Å². The van der Waals surface area contributed by atoms with Gasteiger partial charge in [-0.25, -0.2) is 9.78 Å². The topological polar surface area (TPSA) is 83.0 Å². The number of carbonyl (C=O) groups is 1. The molecule has 3 aromatic rings. The van der Waals surface area contributed by atoms with Gasteiger partial charge in [-0.15, -0.1) is 11.8 Å². The smallest absolute Gasteiger partial charge is 0.335 e. The van der Waals surface area contributed by atoms with E-state index in [1.165, 1.54) is 11.8 Å². The first-order valence-corrected chi connectivity index (χ1v) is 9.15. The van der Waals surface area contributed by atoms with Crippen LogP contribution >= 0.6 is 34.4 Å². The Hall–Kier alpha value is -1.87.